The maximum atomic E-state index is 11.8. The Morgan fingerprint density at radius 1 is 1.33 bits per heavy atom. The summed E-state index contributed by atoms with van der Waals surface area (Å²) in [6, 6.07) is 4.93. The zero-order valence-corrected chi connectivity index (χ0v) is 10.9. The fourth-order valence-corrected chi connectivity index (χ4v) is 2.14. The first-order valence-electron chi connectivity index (χ1n) is 5.88. The first-order valence-corrected chi connectivity index (χ1v) is 6.26. The molecule has 4 nitrogen and oxygen atoms in total. The zero-order chi connectivity index (χ0) is 13.1. The Morgan fingerprint density at radius 3 is 2.83 bits per heavy atom. The summed E-state index contributed by atoms with van der Waals surface area (Å²) >= 11 is 5.83. The Hall–Kier alpha value is -1.39. The molecule has 0 unspecified atom stereocenters. The van der Waals surface area contributed by atoms with E-state index in [-0.39, 0.29) is 0 Å². The Morgan fingerprint density at radius 2 is 2.11 bits per heavy atom. The van der Waals surface area contributed by atoms with E-state index < -0.39 is 11.7 Å². The van der Waals surface area contributed by atoms with Crippen LogP contribution in [0.2, 0.25) is 5.02 Å². The lowest BCUT2D eigenvalue weighted by atomic mass is 10.1. The van der Waals surface area contributed by atoms with Crippen molar-refractivity contribution in [1.82, 2.24) is 0 Å². The highest BCUT2D eigenvalue weighted by Crippen LogP contribution is 2.31. The second kappa shape index (κ2) is 5.50. The third-order valence-electron chi connectivity index (χ3n) is 2.81. The molecule has 0 saturated carbocycles. The standard InChI is InChI=1S/C13H14ClNO3/c1-2-18-7-3-6-15-11-5-4-9(14)8-10(11)12(16)13(15)17/h4-5,8H,2-3,6-7H2,1H3. The predicted octanol–water partition coefficient (Wildman–Crippen LogP) is 2.30. The number of benzene rings is 1. The summed E-state index contributed by atoms with van der Waals surface area (Å²) in [5, 5.41) is 0.464. The molecule has 5 heteroatoms. The van der Waals surface area contributed by atoms with Gasteiger partial charge in [-0.25, -0.2) is 0 Å². The predicted molar refractivity (Wildman–Crippen MR) is 69.2 cm³/mol. The van der Waals surface area contributed by atoms with E-state index in [1.165, 1.54) is 4.90 Å². The van der Waals surface area contributed by atoms with E-state index in [1.54, 1.807) is 18.2 Å². The molecule has 18 heavy (non-hydrogen) atoms. The molecule has 0 bridgehead atoms. The Kier molecular flexibility index (Phi) is 3.99. The number of Topliss-reactive ketones (excluding diaryl/α,β-unsaturated/α-hetero) is 1. The number of halogens is 1. The third kappa shape index (κ3) is 2.40. The van der Waals surface area contributed by atoms with Crippen LogP contribution in [0.5, 0.6) is 0 Å². The summed E-state index contributed by atoms with van der Waals surface area (Å²) in [7, 11) is 0. The van der Waals surface area contributed by atoms with Gasteiger partial charge in [0.15, 0.2) is 0 Å². The molecule has 96 valence electrons. The van der Waals surface area contributed by atoms with Crippen LogP contribution < -0.4 is 4.90 Å². The van der Waals surface area contributed by atoms with Gasteiger partial charge in [0.2, 0.25) is 0 Å². The quantitative estimate of drug-likeness (QED) is 0.607. The highest BCUT2D eigenvalue weighted by Gasteiger charge is 2.35. The molecule has 0 aromatic heterocycles. The molecule has 1 aromatic rings. The largest absolute Gasteiger partial charge is 0.382 e. The van der Waals surface area contributed by atoms with E-state index in [2.05, 4.69) is 0 Å². The van der Waals surface area contributed by atoms with Crippen molar-refractivity contribution in [3.63, 3.8) is 0 Å². The van der Waals surface area contributed by atoms with Crippen LogP contribution in [0.25, 0.3) is 0 Å². The maximum Gasteiger partial charge on any atom is 0.299 e. The summed E-state index contributed by atoms with van der Waals surface area (Å²) in [5.41, 5.74) is 1.04. The molecule has 1 heterocycles. The number of nitrogens with zero attached hydrogens (tertiary/aromatic N) is 1. The first kappa shape index (κ1) is 13.1. The fourth-order valence-electron chi connectivity index (χ4n) is 1.96. The van der Waals surface area contributed by atoms with Gasteiger partial charge in [-0.2, -0.15) is 0 Å². The summed E-state index contributed by atoms with van der Waals surface area (Å²) in [6.45, 7) is 3.64. The van der Waals surface area contributed by atoms with Crippen molar-refractivity contribution in [3.05, 3.63) is 28.8 Å². The van der Waals surface area contributed by atoms with Crippen LogP contribution in [0.3, 0.4) is 0 Å². The monoisotopic (exact) mass is 267 g/mol. The molecule has 1 aliphatic rings. The summed E-state index contributed by atoms with van der Waals surface area (Å²) in [5.74, 6) is -0.965. The van der Waals surface area contributed by atoms with Crippen molar-refractivity contribution >= 4 is 29.0 Å². The second-order valence-corrected chi connectivity index (χ2v) is 4.43. The van der Waals surface area contributed by atoms with Crippen molar-refractivity contribution in [2.45, 2.75) is 13.3 Å². The van der Waals surface area contributed by atoms with Crippen molar-refractivity contribution < 1.29 is 14.3 Å². The fraction of sp³-hybridized carbons (Fsp3) is 0.385. The van der Waals surface area contributed by atoms with Crippen LogP contribution in [0, 0.1) is 0 Å². The highest BCUT2D eigenvalue weighted by atomic mass is 35.5. The van der Waals surface area contributed by atoms with Crippen LogP contribution in [0.4, 0.5) is 5.69 Å². The first-order chi connectivity index (χ1) is 8.65. The van der Waals surface area contributed by atoms with Crippen LogP contribution in [0.1, 0.15) is 23.7 Å². The number of rotatable bonds is 5. The van der Waals surface area contributed by atoms with Crippen molar-refractivity contribution in [2.24, 2.45) is 0 Å². The number of hydrogen-bond donors (Lipinski definition) is 0. The van der Waals surface area contributed by atoms with Gasteiger partial charge < -0.3 is 9.64 Å². The van der Waals surface area contributed by atoms with Crippen molar-refractivity contribution in [3.8, 4) is 0 Å². The number of carbonyl (C=O) groups is 2. The van der Waals surface area contributed by atoms with Crippen LogP contribution >= 0.6 is 11.6 Å². The molecule has 2 rings (SSSR count). The molecular weight excluding hydrogens is 254 g/mol. The minimum atomic E-state index is -0.483. The average Bonchev–Trinajstić information content (AvgIpc) is 2.59. The normalized spacial score (nSPS) is 14.2. The summed E-state index contributed by atoms with van der Waals surface area (Å²) in [6.07, 6.45) is 0.703. The lowest BCUT2D eigenvalue weighted by Crippen LogP contribution is -2.31. The number of amides is 1. The molecule has 0 atom stereocenters. The zero-order valence-electron chi connectivity index (χ0n) is 10.1. The molecular formula is C13H14ClNO3. The number of ketones is 1. The highest BCUT2D eigenvalue weighted by molar-refractivity contribution is 6.52. The lowest BCUT2D eigenvalue weighted by Gasteiger charge is -2.16. The molecule has 0 radical (unpaired) electrons. The van der Waals surface area contributed by atoms with Gasteiger partial charge in [0.1, 0.15) is 0 Å². The molecule has 1 amide bonds. The van der Waals surface area contributed by atoms with Gasteiger partial charge in [0.05, 0.1) is 11.3 Å². The molecule has 1 aromatic carbocycles. The Bertz CT molecular complexity index is 487. The smallest absolute Gasteiger partial charge is 0.299 e. The molecule has 1 aliphatic heterocycles. The molecule has 0 aliphatic carbocycles. The number of anilines is 1. The average molecular weight is 268 g/mol. The molecule has 0 fully saturated rings. The topological polar surface area (TPSA) is 46.6 Å². The van der Waals surface area contributed by atoms with Crippen LogP contribution in [-0.2, 0) is 9.53 Å². The maximum absolute atomic E-state index is 11.8. The number of hydrogen-bond acceptors (Lipinski definition) is 3. The Balaban J connectivity index is 2.13. The summed E-state index contributed by atoms with van der Waals surface area (Å²) < 4.78 is 5.22. The van der Waals surface area contributed by atoms with Gasteiger partial charge in [0.25, 0.3) is 11.7 Å². The minimum Gasteiger partial charge on any atom is -0.382 e. The van der Waals surface area contributed by atoms with Gasteiger partial charge in [-0.1, -0.05) is 11.6 Å². The molecule has 0 spiro atoms. The van der Waals surface area contributed by atoms with Crippen molar-refractivity contribution in [2.75, 3.05) is 24.7 Å². The van der Waals surface area contributed by atoms with Crippen LogP contribution in [0.15, 0.2) is 18.2 Å². The van der Waals surface area contributed by atoms with Gasteiger partial charge in [-0.3, -0.25) is 9.59 Å². The SMILES string of the molecule is CCOCCCN1C(=O)C(=O)c2cc(Cl)ccc21. The second-order valence-electron chi connectivity index (χ2n) is 4.00. The van der Waals surface area contributed by atoms with E-state index in [4.69, 9.17) is 16.3 Å². The Labute approximate surface area is 110 Å². The van der Waals surface area contributed by atoms with E-state index in [0.29, 0.717) is 42.5 Å². The van der Waals surface area contributed by atoms with Crippen LogP contribution in [-0.4, -0.2) is 31.4 Å². The van der Waals surface area contributed by atoms with E-state index >= 15 is 0 Å². The number of ether oxygens (including phenoxy) is 1. The van der Waals surface area contributed by atoms with E-state index in [9.17, 15) is 9.59 Å². The lowest BCUT2D eigenvalue weighted by molar-refractivity contribution is -0.114. The van der Waals surface area contributed by atoms with Crippen molar-refractivity contribution in [1.29, 1.82) is 0 Å². The summed E-state index contributed by atoms with van der Waals surface area (Å²) in [4.78, 5) is 25.1. The third-order valence-corrected chi connectivity index (χ3v) is 3.04. The van der Waals surface area contributed by atoms with E-state index in [0.717, 1.165) is 0 Å². The van der Waals surface area contributed by atoms with E-state index in [1.807, 2.05) is 6.92 Å². The van der Waals surface area contributed by atoms with Gasteiger partial charge in [0, 0.05) is 24.8 Å². The minimum absolute atomic E-state index is 0.393. The molecule has 0 N–H and O–H groups in total. The van der Waals surface area contributed by atoms with Gasteiger partial charge >= 0.3 is 0 Å². The number of carbonyl (C=O) groups excluding carboxylic acids is 2. The molecule has 0 saturated heterocycles. The van der Waals surface area contributed by atoms with Gasteiger partial charge in [-0.15, -0.1) is 0 Å². The number of fused-ring (bicyclic) bond motifs is 1. The van der Waals surface area contributed by atoms with Gasteiger partial charge in [-0.05, 0) is 31.5 Å².